The molecule has 0 aliphatic carbocycles. The maximum absolute atomic E-state index is 12.3. The van der Waals surface area contributed by atoms with Crippen molar-refractivity contribution in [2.45, 2.75) is 13.8 Å². The van der Waals surface area contributed by atoms with Crippen LogP contribution in [0.25, 0.3) is 0 Å². The molecule has 0 saturated carbocycles. The summed E-state index contributed by atoms with van der Waals surface area (Å²) in [7, 11) is 0. The Morgan fingerprint density at radius 1 is 1.50 bits per heavy atom. The Balaban J connectivity index is 3.07. The van der Waals surface area contributed by atoms with E-state index in [1.807, 2.05) is 25.1 Å². The Morgan fingerprint density at radius 2 is 2.17 bits per heavy atom. The molecule has 0 spiro atoms. The Bertz CT molecular complexity index is 271. The van der Waals surface area contributed by atoms with Gasteiger partial charge in [-0.2, -0.15) is 0 Å². The van der Waals surface area contributed by atoms with Crippen molar-refractivity contribution in [1.29, 1.82) is 0 Å². The standard InChI is InChI=1S/C10H11ClF/c1-7-4-3-5-9(10(7)11)8(2)6-12/h3-5H,6H2,1-2H3. The Kier molecular flexibility index (Phi) is 3.10. The molecule has 0 atom stereocenters. The van der Waals surface area contributed by atoms with Crippen molar-refractivity contribution in [2.24, 2.45) is 0 Å². The largest absolute Gasteiger partial charge is 0.250 e. The van der Waals surface area contributed by atoms with Gasteiger partial charge < -0.3 is 0 Å². The third-order valence-corrected chi connectivity index (χ3v) is 2.35. The second-order valence-corrected chi connectivity index (χ2v) is 3.23. The van der Waals surface area contributed by atoms with Crippen LogP contribution in [0.5, 0.6) is 0 Å². The van der Waals surface area contributed by atoms with Crippen LogP contribution >= 0.6 is 11.6 Å². The van der Waals surface area contributed by atoms with Crippen molar-refractivity contribution in [2.75, 3.05) is 6.67 Å². The van der Waals surface area contributed by atoms with E-state index in [1.54, 1.807) is 6.92 Å². The molecule has 1 radical (unpaired) electrons. The summed E-state index contributed by atoms with van der Waals surface area (Å²) in [4.78, 5) is 0. The van der Waals surface area contributed by atoms with Crippen molar-refractivity contribution < 1.29 is 4.39 Å². The molecule has 0 aliphatic rings. The van der Waals surface area contributed by atoms with Crippen molar-refractivity contribution in [3.63, 3.8) is 0 Å². The smallest absolute Gasteiger partial charge is 0.0998 e. The molecule has 12 heavy (non-hydrogen) atoms. The fourth-order valence-corrected chi connectivity index (χ4v) is 1.34. The summed E-state index contributed by atoms with van der Waals surface area (Å²) in [6.07, 6.45) is 0. The number of benzene rings is 1. The fourth-order valence-electron chi connectivity index (χ4n) is 1.05. The van der Waals surface area contributed by atoms with Gasteiger partial charge in [0.25, 0.3) is 0 Å². The van der Waals surface area contributed by atoms with Gasteiger partial charge >= 0.3 is 0 Å². The third-order valence-electron chi connectivity index (χ3n) is 1.85. The molecule has 1 aromatic carbocycles. The number of halogens is 2. The van der Waals surface area contributed by atoms with Crippen LogP contribution in [0.1, 0.15) is 18.1 Å². The highest BCUT2D eigenvalue weighted by Gasteiger charge is 2.10. The maximum Gasteiger partial charge on any atom is 0.0998 e. The first-order valence-corrected chi connectivity index (χ1v) is 4.18. The van der Waals surface area contributed by atoms with E-state index < -0.39 is 6.67 Å². The van der Waals surface area contributed by atoms with E-state index in [4.69, 9.17) is 11.6 Å². The zero-order chi connectivity index (χ0) is 9.14. The third kappa shape index (κ3) is 1.78. The van der Waals surface area contributed by atoms with E-state index >= 15 is 0 Å². The number of aryl methyl sites for hydroxylation is 1. The summed E-state index contributed by atoms with van der Waals surface area (Å²) in [5.41, 5.74) is 1.81. The summed E-state index contributed by atoms with van der Waals surface area (Å²) in [5.74, 6) is 0.684. The van der Waals surface area contributed by atoms with Crippen LogP contribution in [-0.2, 0) is 0 Å². The molecule has 1 rings (SSSR count). The molecule has 0 fully saturated rings. The second kappa shape index (κ2) is 3.90. The van der Waals surface area contributed by atoms with Gasteiger partial charge in [-0.25, -0.2) is 0 Å². The SMILES string of the molecule is C[C](CF)c1cccc(C)c1Cl. The molecule has 2 heteroatoms. The topological polar surface area (TPSA) is 0 Å². The predicted octanol–water partition coefficient (Wildman–Crippen LogP) is 3.56. The first kappa shape index (κ1) is 9.53. The Morgan fingerprint density at radius 3 is 2.75 bits per heavy atom. The van der Waals surface area contributed by atoms with Crippen LogP contribution in [0.2, 0.25) is 5.02 Å². The van der Waals surface area contributed by atoms with Gasteiger partial charge in [-0.15, -0.1) is 0 Å². The summed E-state index contributed by atoms with van der Waals surface area (Å²) in [5, 5.41) is 0.660. The van der Waals surface area contributed by atoms with E-state index in [0.29, 0.717) is 10.9 Å². The average molecular weight is 186 g/mol. The monoisotopic (exact) mass is 185 g/mol. The van der Waals surface area contributed by atoms with Gasteiger partial charge in [-0.3, -0.25) is 4.39 Å². The highest BCUT2D eigenvalue weighted by atomic mass is 35.5. The molecule has 0 heterocycles. The lowest BCUT2D eigenvalue weighted by Gasteiger charge is -2.09. The minimum atomic E-state index is -0.441. The Hall–Kier alpha value is -0.560. The zero-order valence-electron chi connectivity index (χ0n) is 7.20. The zero-order valence-corrected chi connectivity index (χ0v) is 7.95. The molecule has 0 N–H and O–H groups in total. The molecule has 0 aliphatic heterocycles. The number of rotatable bonds is 2. The van der Waals surface area contributed by atoms with Gasteiger partial charge in [0.05, 0.1) is 6.67 Å². The van der Waals surface area contributed by atoms with Crippen molar-refractivity contribution in [3.8, 4) is 0 Å². The normalized spacial score (nSPS) is 10.8. The molecule has 65 valence electrons. The van der Waals surface area contributed by atoms with Crippen LogP contribution in [-0.4, -0.2) is 6.67 Å². The molecule has 0 nitrogen and oxygen atoms in total. The number of hydrogen-bond acceptors (Lipinski definition) is 0. The van der Waals surface area contributed by atoms with E-state index in [2.05, 4.69) is 0 Å². The van der Waals surface area contributed by atoms with Crippen LogP contribution in [0, 0.1) is 12.8 Å². The van der Waals surface area contributed by atoms with Gasteiger partial charge in [-0.05, 0) is 18.1 Å². The van der Waals surface area contributed by atoms with Gasteiger partial charge in [0.15, 0.2) is 0 Å². The number of alkyl halides is 1. The molecule has 0 saturated heterocycles. The summed E-state index contributed by atoms with van der Waals surface area (Å²) < 4.78 is 12.3. The highest BCUT2D eigenvalue weighted by Crippen LogP contribution is 2.26. The van der Waals surface area contributed by atoms with Gasteiger partial charge in [0.2, 0.25) is 0 Å². The van der Waals surface area contributed by atoms with Crippen molar-refractivity contribution in [1.82, 2.24) is 0 Å². The van der Waals surface area contributed by atoms with Crippen LogP contribution in [0.3, 0.4) is 0 Å². The minimum Gasteiger partial charge on any atom is -0.250 e. The quantitative estimate of drug-likeness (QED) is 0.661. The van der Waals surface area contributed by atoms with Gasteiger partial charge in [0, 0.05) is 10.9 Å². The van der Waals surface area contributed by atoms with E-state index in [9.17, 15) is 4.39 Å². The average Bonchev–Trinajstić information content (AvgIpc) is 2.08. The predicted molar refractivity (Wildman–Crippen MR) is 50.2 cm³/mol. The fraction of sp³-hybridized carbons (Fsp3) is 0.300. The van der Waals surface area contributed by atoms with Crippen LogP contribution in [0.4, 0.5) is 4.39 Å². The molecule has 0 amide bonds. The number of hydrogen-bond donors (Lipinski definition) is 0. The molecule has 0 bridgehead atoms. The van der Waals surface area contributed by atoms with Crippen LogP contribution < -0.4 is 0 Å². The summed E-state index contributed by atoms with van der Waals surface area (Å²) in [6.45, 7) is 3.22. The molecule has 0 unspecified atom stereocenters. The molecule has 1 aromatic rings. The summed E-state index contributed by atoms with van der Waals surface area (Å²) >= 11 is 5.98. The lowest BCUT2D eigenvalue weighted by molar-refractivity contribution is 0.516. The van der Waals surface area contributed by atoms with Crippen molar-refractivity contribution >= 4 is 11.6 Å². The minimum absolute atomic E-state index is 0.441. The van der Waals surface area contributed by atoms with Gasteiger partial charge in [0.1, 0.15) is 0 Å². The lowest BCUT2D eigenvalue weighted by Crippen LogP contribution is -1.98. The Labute approximate surface area is 77.4 Å². The van der Waals surface area contributed by atoms with E-state index in [1.165, 1.54) is 0 Å². The lowest BCUT2D eigenvalue weighted by atomic mass is 10.0. The molecular formula is C10H11ClF. The van der Waals surface area contributed by atoms with Crippen LogP contribution in [0.15, 0.2) is 18.2 Å². The molecule has 0 aromatic heterocycles. The molecular weight excluding hydrogens is 175 g/mol. The maximum atomic E-state index is 12.3. The summed E-state index contributed by atoms with van der Waals surface area (Å²) in [6, 6.07) is 5.64. The highest BCUT2D eigenvalue weighted by molar-refractivity contribution is 6.32. The van der Waals surface area contributed by atoms with Crippen molar-refractivity contribution in [3.05, 3.63) is 40.3 Å². The first-order valence-electron chi connectivity index (χ1n) is 3.80. The second-order valence-electron chi connectivity index (χ2n) is 2.85. The first-order chi connectivity index (χ1) is 5.66. The van der Waals surface area contributed by atoms with E-state index in [0.717, 1.165) is 11.1 Å². The van der Waals surface area contributed by atoms with E-state index in [-0.39, 0.29) is 0 Å². The van der Waals surface area contributed by atoms with Gasteiger partial charge in [-0.1, -0.05) is 36.7 Å².